The number of halogens is 1. The molecule has 0 saturated heterocycles. The first-order valence-corrected chi connectivity index (χ1v) is 7.42. The number of benzene rings is 1. The van der Waals surface area contributed by atoms with Crippen LogP contribution in [0.1, 0.15) is 5.82 Å². The first kappa shape index (κ1) is 12.0. The maximum absolute atomic E-state index is 5.94. The molecule has 18 heavy (non-hydrogen) atoms. The minimum Gasteiger partial charge on any atom is -0.252 e. The molecular formula is C11H9ClN4S2. The zero-order valence-electron chi connectivity index (χ0n) is 9.50. The standard InChI is InChI=1S/C11H9ClN4S2/c1-16-10(13-6-14-16)5-17-11-15-8-4-7(12)2-3-9(8)18-11/h2-4,6H,5H2,1H3. The van der Waals surface area contributed by atoms with E-state index in [0.29, 0.717) is 0 Å². The van der Waals surface area contributed by atoms with Crippen molar-refractivity contribution in [3.63, 3.8) is 0 Å². The van der Waals surface area contributed by atoms with Gasteiger partial charge in [0.2, 0.25) is 0 Å². The van der Waals surface area contributed by atoms with Gasteiger partial charge in [0.05, 0.1) is 16.0 Å². The van der Waals surface area contributed by atoms with Crippen molar-refractivity contribution in [3.8, 4) is 0 Å². The average Bonchev–Trinajstić information content (AvgIpc) is 2.92. The molecule has 0 saturated carbocycles. The Morgan fingerprint density at radius 2 is 2.33 bits per heavy atom. The van der Waals surface area contributed by atoms with Gasteiger partial charge in [-0.05, 0) is 18.2 Å². The molecule has 0 aliphatic heterocycles. The number of thiazole rings is 1. The molecule has 0 atom stereocenters. The van der Waals surface area contributed by atoms with Gasteiger partial charge in [-0.3, -0.25) is 4.68 Å². The fraction of sp³-hybridized carbons (Fsp3) is 0.182. The molecule has 0 bridgehead atoms. The molecule has 0 aliphatic carbocycles. The van der Waals surface area contributed by atoms with Crippen molar-refractivity contribution in [2.24, 2.45) is 7.05 Å². The van der Waals surface area contributed by atoms with E-state index in [1.165, 1.54) is 0 Å². The van der Waals surface area contributed by atoms with Crippen LogP contribution < -0.4 is 0 Å². The Balaban J connectivity index is 1.81. The molecule has 4 nitrogen and oxygen atoms in total. The summed E-state index contributed by atoms with van der Waals surface area (Å²) in [6.45, 7) is 0. The first-order chi connectivity index (χ1) is 8.72. The largest absolute Gasteiger partial charge is 0.252 e. The molecule has 1 aromatic carbocycles. The number of nitrogens with zero attached hydrogens (tertiary/aromatic N) is 4. The Morgan fingerprint density at radius 1 is 1.44 bits per heavy atom. The van der Waals surface area contributed by atoms with Gasteiger partial charge in [0.25, 0.3) is 0 Å². The van der Waals surface area contributed by atoms with Crippen molar-refractivity contribution in [1.82, 2.24) is 19.7 Å². The van der Waals surface area contributed by atoms with Crippen LogP contribution in [0.2, 0.25) is 5.02 Å². The van der Waals surface area contributed by atoms with Crippen LogP contribution in [0.25, 0.3) is 10.2 Å². The second kappa shape index (κ2) is 4.87. The maximum atomic E-state index is 5.94. The first-order valence-electron chi connectivity index (χ1n) is 5.24. The van der Waals surface area contributed by atoms with E-state index in [1.807, 2.05) is 25.2 Å². The third-order valence-corrected chi connectivity index (χ3v) is 4.87. The summed E-state index contributed by atoms with van der Waals surface area (Å²) in [7, 11) is 1.89. The van der Waals surface area contributed by atoms with Crippen LogP contribution >= 0.6 is 34.7 Å². The number of rotatable bonds is 3. The van der Waals surface area contributed by atoms with E-state index in [4.69, 9.17) is 11.6 Å². The van der Waals surface area contributed by atoms with Crippen LogP contribution in [-0.4, -0.2) is 19.7 Å². The molecule has 2 heterocycles. The van der Waals surface area contributed by atoms with Gasteiger partial charge in [-0.1, -0.05) is 23.4 Å². The highest BCUT2D eigenvalue weighted by atomic mass is 35.5. The zero-order chi connectivity index (χ0) is 12.5. The quantitative estimate of drug-likeness (QED) is 0.695. The molecule has 0 unspecified atom stereocenters. The van der Waals surface area contributed by atoms with E-state index >= 15 is 0 Å². The van der Waals surface area contributed by atoms with Crippen molar-refractivity contribution >= 4 is 44.9 Å². The zero-order valence-corrected chi connectivity index (χ0v) is 11.9. The van der Waals surface area contributed by atoms with Crippen LogP contribution in [0.4, 0.5) is 0 Å². The lowest BCUT2D eigenvalue weighted by Crippen LogP contribution is -1.97. The summed E-state index contributed by atoms with van der Waals surface area (Å²) in [5.41, 5.74) is 0.952. The summed E-state index contributed by atoms with van der Waals surface area (Å²) < 4.78 is 3.95. The molecule has 92 valence electrons. The third kappa shape index (κ3) is 2.36. The third-order valence-electron chi connectivity index (χ3n) is 2.46. The molecule has 0 amide bonds. The van der Waals surface area contributed by atoms with Gasteiger partial charge >= 0.3 is 0 Å². The predicted molar refractivity (Wildman–Crippen MR) is 75.2 cm³/mol. The number of hydrogen-bond donors (Lipinski definition) is 0. The van der Waals surface area contributed by atoms with Gasteiger partial charge < -0.3 is 0 Å². The normalized spacial score (nSPS) is 11.2. The van der Waals surface area contributed by atoms with Crippen LogP contribution in [-0.2, 0) is 12.8 Å². The molecule has 0 aliphatic rings. The molecule has 7 heteroatoms. The van der Waals surface area contributed by atoms with Gasteiger partial charge in [0.15, 0.2) is 4.34 Å². The number of aryl methyl sites for hydroxylation is 1. The van der Waals surface area contributed by atoms with Gasteiger partial charge in [0, 0.05) is 12.1 Å². The Morgan fingerprint density at radius 3 is 3.11 bits per heavy atom. The highest BCUT2D eigenvalue weighted by molar-refractivity contribution is 8.00. The summed E-state index contributed by atoms with van der Waals surface area (Å²) >= 11 is 9.28. The Labute approximate surface area is 117 Å². The molecule has 3 aromatic rings. The van der Waals surface area contributed by atoms with Crippen molar-refractivity contribution in [1.29, 1.82) is 0 Å². The lowest BCUT2D eigenvalue weighted by molar-refractivity contribution is 0.730. The van der Waals surface area contributed by atoms with Crippen molar-refractivity contribution in [2.75, 3.05) is 0 Å². The van der Waals surface area contributed by atoms with Crippen molar-refractivity contribution in [3.05, 3.63) is 35.4 Å². The molecule has 0 spiro atoms. The summed E-state index contributed by atoms with van der Waals surface area (Å²) in [4.78, 5) is 8.73. The Kier molecular flexibility index (Phi) is 3.23. The smallest absolute Gasteiger partial charge is 0.151 e. The molecule has 0 fully saturated rings. The van der Waals surface area contributed by atoms with Gasteiger partial charge in [-0.25, -0.2) is 9.97 Å². The van der Waals surface area contributed by atoms with E-state index in [9.17, 15) is 0 Å². The minimum absolute atomic E-state index is 0.720. The van der Waals surface area contributed by atoms with E-state index in [-0.39, 0.29) is 0 Å². The average molecular weight is 297 g/mol. The molecule has 0 radical (unpaired) electrons. The highest BCUT2D eigenvalue weighted by Crippen LogP contribution is 2.32. The number of thioether (sulfide) groups is 1. The molecule has 0 N–H and O–H groups in total. The Hall–Kier alpha value is -1.11. The van der Waals surface area contributed by atoms with Crippen LogP contribution in [0.15, 0.2) is 28.9 Å². The maximum Gasteiger partial charge on any atom is 0.151 e. The number of hydrogen-bond acceptors (Lipinski definition) is 5. The second-order valence-electron chi connectivity index (χ2n) is 3.68. The monoisotopic (exact) mass is 296 g/mol. The van der Waals surface area contributed by atoms with Crippen molar-refractivity contribution < 1.29 is 0 Å². The van der Waals surface area contributed by atoms with Gasteiger partial charge in [-0.15, -0.1) is 11.3 Å². The van der Waals surface area contributed by atoms with E-state index in [0.717, 1.165) is 31.2 Å². The van der Waals surface area contributed by atoms with Crippen LogP contribution in [0.3, 0.4) is 0 Å². The SMILES string of the molecule is Cn1ncnc1CSc1nc2cc(Cl)ccc2s1. The minimum atomic E-state index is 0.720. The molecular weight excluding hydrogens is 288 g/mol. The van der Waals surface area contributed by atoms with Crippen LogP contribution in [0.5, 0.6) is 0 Å². The van der Waals surface area contributed by atoms with E-state index in [2.05, 4.69) is 15.1 Å². The Bertz CT molecular complexity index is 691. The predicted octanol–water partition coefficient (Wildman–Crippen LogP) is 3.37. The summed E-state index contributed by atoms with van der Waals surface area (Å²) in [6.07, 6.45) is 1.56. The lowest BCUT2D eigenvalue weighted by atomic mass is 10.3. The van der Waals surface area contributed by atoms with Crippen LogP contribution in [0, 0.1) is 0 Å². The molecule has 2 aromatic heterocycles. The fourth-order valence-corrected chi connectivity index (χ4v) is 3.72. The van der Waals surface area contributed by atoms with E-state index in [1.54, 1.807) is 34.1 Å². The molecule has 3 rings (SSSR count). The summed E-state index contributed by atoms with van der Waals surface area (Å²) in [6, 6.07) is 5.78. The fourth-order valence-electron chi connectivity index (χ4n) is 1.52. The lowest BCUT2D eigenvalue weighted by Gasteiger charge is -1.96. The summed E-state index contributed by atoms with van der Waals surface area (Å²) in [5.74, 6) is 1.71. The van der Waals surface area contributed by atoms with Crippen molar-refractivity contribution in [2.45, 2.75) is 10.1 Å². The highest BCUT2D eigenvalue weighted by Gasteiger charge is 2.07. The number of aromatic nitrogens is 4. The van der Waals surface area contributed by atoms with Gasteiger partial charge in [0.1, 0.15) is 12.2 Å². The second-order valence-corrected chi connectivity index (χ2v) is 6.37. The number of fused-ring (bicyclic) bond motifs is 1. The van der Waals surface area contributed by atoms with E-state index < -0.39 is 0 Å². The van der Waals surface area contributed by atoms with Gasteiger partial charge in [-0.2, -0.15) is 5.10 Å². The topological polar surface area (TPSA) is 43.6 Å². The summed E-state index contributed by atoms with van der Waals surface area (Å²) in [5, 5.41) is 4.76.